The predicted octanol–water partition coefficient (Wildman–Crippen LogP) is -0.0449. The first-order valence-corrected chi connectivity index (χ1v) is 7.26. The van der Waals surface area contributed by atoms with Gasteiger partial charge in [0.2, 0.25) is 0 Å². The van der Waals surface area contributed by atoms with Crippen molar-refractivity contribution in [2.75, 3.05) is 5.32 Å². The summed E-state index contributed by atoms with van der Waals surface area (Å²) in [4.78, 5) is 14.5. The van der Waals surface area contributed by atoms with E-state index in [0.29, 0.717) is 16.8 Å². The summed E-state index contributed by atoms with van der Waals surface area (Å²) in [6.07, 6.45) is -1.88. The Balaban J connectivity index is 1.65. The summed E-state index contributed by atoms with van der Waals surface area (Å²) >= 11 is 0. The molecule has 1 aliphatic heterocycles. The molecule has 23 heavy (non-hydrogen) atoms. The largest absolute Gasteiger partial charge is 0.490 e. The smallest absolute Gasteiger partial charge is 0.251 e. The lowest BCUT2D eigenvalue weighted by atomic mass is 10.1. The Morgan fingerprint density at radius 2 is 2.09 bits per heavy atom. The lowest BCUT2D eigenvalue weighted by Gasteiger charge is -2.25. The zero-order chi connectivity index (χ0) is 16.4. The average molecular weight is 316 g/mol. The molecule has 0 spiro atoms. The van der Waals surface area contributed by atoms with E-state index in [1.165, 1.54) is 6.26 Å². The number of ether oxygens (including phenoxy) is 1. The number of hydrogen-bond donors (Lipinski definition) is 5. The third kappa shape index (κ3) is 1.98. The van der Waals surface area contributed by atoms with Crippen molar-refractivity contribution < 1.29 is 20.1 Å². The summed E-state index contributed by atoms with van der Waals surface area (Å²) < 4.78 is 5.20. The minimum Gasteiger partial charge on any atom is -0.490 e. The van der Waals surface area contributed by atoms with E-state index in [0.717, 1.165) is 5.39 Å². The number of nitrogens with one attached hydrogen (secondary N) is 2. The molecule has 120 valence electrons. The standard InChI is InChI=1S/C16H16N2O5/c1-7-4-8-2-3-9(5-10(8)18-15(7)21)17-11-6-23-14-13(20)16(14,22)12(11)19/h2-6,12-14,17,19-20,22H,1H3,(H,18,21)/t12?,13?,14?,16-/m1/s1. The lowest BCUT2D eigenvalue weighted by molar-refractivity contribution is -0.0381. The van der Waals surface area contributed by atoms with Gasteiger partial charge in [-0.1, -0.05) is 6.07 Å². The van der Waals surface area contributed by atoms with Crippen molar-refractivity contribution in [3.05, 3.63) is 52.1 Å². The van der Waals surface area contributed by atoms with Crippen molar-refractivity contribution in [2.24, 2.45) is 0 Å². The number of fused-ring (bicyclic) bond motifs is 2. The third-order valence-electron chi connectivity index (χ3n) is 4.50. The van der Waals surface area contributed by atoms with Crippen LogP contribution in [0, 0.1) is 6.92 Å². The first-order chi connectivity index (χ1) is 10.9. The van der Waals surface area contributed by atoms with Gasteiger partial charge in [-0.25, -0.2) is 0 Å². The van der Waals surface area contributed by atoms with Crippen LogP contribution >= 0.6 is 0 Å². The molecule has 1 aliphatic carbocycles. The molecule has 0 amide bonds. The van der Waals surface area contributed by atoms with E-state index in [9.17, 15) is 20.1 Å². The molecule has 5 N–H and O–H groups in total. The Morgan fingerprint density at radius 3 is 2.87 bits per heavy atom. The van der Waals surface area contributed by atoms with Crippen LogP contribution in [-0.4, -0.2) is 44.2 Å². The zero-order valence-electron chi connectivity index (χ0n) is 12.3. The highest BCUT2D eigenvalue weighted by atomic mass is 16.6. The van der Waals surface area contributed by atoms with Gasteiger partial charge < -0.3 is 30.4 Å². The highest BCUT2D eigenvalue weighted by Gasteiger charge is 2.72. The van der Waals surface area contributed by atoms with E-state index in [2.05, 4.69) is 10.3 Å². The van der Waals surface area contributed by atoms with Gasteiger partial charge in [-0.3, -0.25) is 4.79 Å². The van der Waals surface area contributed by atoms with E-state index in [1.54, 1.807) is 25.1 Å². The van der Waals surface area contributed by atoms with Gasteiger partial charge in [-0.05, 0) is 30.5 Å². The summed E-state index contributed by atoms with van der Waals surface area (Å²) in [5.74, 6) is 0. The molecule has 2 aromatic rings. The molecule has 2 aliphatic rings. The van der Waals surface area contributed by atoms with Crippen LogP contribution in [0.2, 0.25) is 0 Å². The summed E-state index contributed by atoms with van der Waals surface area (Å²) in [6, 6.07) is 7.14. The minimum atomic E-state index is -1.67. The van der Waals surface area contributed by atoms with Gasteiger partial charge in [0.05, 0.1) is 11.2 Å². The fraction of sp³-hybridized carbons (Fsp3) is 0.312. The molecule has 0 radical (unpaired) electrons. The summed E-state index contributed by atoms with van der Waals surface area (Å²) in [5.41, 5.74) is 0.318. The molecule has 0 bridgehead atoms. The van der Waals surface area contributed by atoms with Crippen molar-refractivity contribution in [2.45, 2.75) is 30.8 Å². The lowest BCUT2D eigenvalue weighted by Crippen LogP contribution is -2.40. The van der Waals surface area contributed by atoms with Crippen LogP contribution in [0.5, 0.6) is 0 Å². The molecule has 1 fully saturated rings. The van der Waals surface area contributed by atoms with Gasteiger partial charge in [0.25, 0.3) is 5.56 Å². The quantitative estimate of drug-likeness (QED) is 0.531. The van der Waals surface area contributed by atoms with E-state index < -0.39 is 23.9 Å². The number of aliphatic hydroxyl groups excluding tert-OH is 2. The summed E-state index contributed by atoms with van der Waals surface area (Å²) in [7, 11) is 0. The fourth-order valence-electron chi connectivity index (χ4n) is 2.96. The van der Waals surface area contributed by atoms with Crippen molar-refractivity contribution in [3.63, 3.8) is 0 Å². The highest BCUT2D eigenvalue weighted by Crippen LogP contribution is 2.47. The van der Waals surface area contributed by atoms with Crippen molar-refractivity contribution in [1.82, 2.24) is 4.98 Å². The van der Waals surface area contributed by atoms with E-state index in [-0.39, 0.29) is 11.3 Å². The Kier molecular flexibility index (Phi) is 2.84. The average Bonchev–Trinajstić information content (AvgIpc) is 3.07. The normalized spacial score (nSPS) is 32.0. The Bertz CT molecular complexity index is 890. The molecule has 0 saturated heterocycles. The minimum absolute atomic E-state index is 0.159. The number of H-pyrrole nitrogens is 1. The van der Waals surface area contributed by atoms with Crippen LogP contribution in [0.3, 0.4) is 0 Å². The number of anilines is 1. The zero-order valence-corrected chi connectivity index (χ0v) is 12.3. The number of hydrogen-bond acceptors (Lipinski definition) is 6. The number of rotatable bonds is 2. The number of aryl methyl sites for hydroxylation is 1. The maximum atomic E-state index is 11.7. The van der Waals surface area contributed by atoms with Gasteiger partial charge in [0.1, 0.15) is 18.5 Å². The van der Waals surface area contributed by atoms with Gasteiger partial charge >= 0.3 is 0 Å². The Labute approximate surface area is 130 Å². The number of pyridine rings is 1. The molecular weight excluding hydrogens is 300 g/mol. The van der Waals surface area contributed by atoms with Gasteiger partial charge in [0, 0.05) is 11.3 Å². The second-order valence-electron chi connectivity index (χ2n) is 6.07. The predicted molar refractivity (Wildman–Crippen MR) is 82.8 cm³/mol. The number of aliphatic hydroxyl groups is 3. The third-order valence-corrected chi connectivity index (χ3v) is 4.50. The molecule has 7 nitrogen and oxygen atoms in total. The number of benzene rings is 1. The topological polar surface area (TPSA) is 115 Å². The molecule has 4 rings (SSSR count). The Hall–Kier alpha value is -2.35. The van der Waals surface area contributed by atoms with Crippen LogP contribution in [0.25, 0.3) is 10.9 Å². The molecule has 4 atom stereocenters. The van der Waals surface area contributed by atoms with Gasteiger partial charge in [-0.2, -0.15) is 0 Å². The second kappa shape index (κ2) is 4.58. The molecular formula is C16H16N2O5. The fourth-order valence-corrected chi connectivity index (χ4v) is 2.96. The van der Waals surface area contributed by atoms with Crippen LogP contribution in [-0.2, 0) is 4.74 Å². The second-order valence-corrected chi connectivity index (χ2v) is 6.07. The maximum absolute atomic E-state index is 11.7. The SMILES string of the molecule is Cc1cc2ccc(NC3=COC4C(O)[C@]4(O)C3O)cc2[nH]c1=O. The monoisotopic (exact) mass is 316 g/mol. The molecule has 7 heteroatoms. The first-order valence-electron chi connectivity index (χ1n) is 7.26. The highest BCUT2D eigenvalue weighted by molar-refractivity contribution is 5.82. The maximum Gasteiger partial charge on any atom is 0.251 e. The molecule has 1 aromatic carbocycles. The van der Waals surface area contributed by atoms with Crippen molar-refractivity contribution >= 4 is 16.6 Å². The van der Waals surface area contributed by atoms with Crippen LogP contribution in [0.4, 0.5) is 5.69 Å². The van der Waals surface area contributed by atoms with Crippen molar-refractivity contribution in [3.8, 4) is 0 Å². The van der Waals surface area contributed by atoms with Crippen LogP contribution in [0.15, 0.2) is 41.0 Å². The number of aromatic nitrogens is 1. The summed E-state index contributed by atoms with van der Waals surface area (Å²) in [5, 5.41) is 33.7. The molecule has 2 heterocycles. The van der Waals surface area contributed by atoms with E-state index in [4.69, 9.17) is 4.74 Å². The van der Waals surface area contributed by atoms with Gasteiger partial charge in [-0.15, -0.1) is 0 Å². The molecule has 1 aromatic heterocycles. The van der Waals surface area contributed by atoms with Crippen molar-refractivity contribution in [1.29, 1.82) is 0 Å². The number of aromatic amines is 1. The summed E-state index contributed by atoms with van der Waals surface area (Å²) in [6.45, 7) is 1.74. The first kappa shape index (κ1) is 14.3. The van der Waals surface area contributed by atoms with Gasteiger partial charge in [0.15, 0.2) is 11.7 Å². The molecule has 3 unspecified atom stereocenters. The van der Waals surface area contributed by atoms with Crippen LogP contribution < -0.4 is 10.9 Å². The van der Waals surface area contributed by atoms with Crippen LogP contribution in [0.1, 0.15) is 5.56 Å². The Morgan fingerprint density at radius 1 is 1.30 bits per heavy atom. The van der Waals surface area contributed by atoms with E-state index >= 15 is 0 Å². The molecule has 1 saturated carbocycles. The van der Waals surface area contributed by atoms with E-state index in [1.807, 2.05) is 6.07 Å².